The topological polar surface area (TPSA) is 64.3 Å². The summed E-state index contributed by atoms with van der Waals surface area (Å²) in [6, 6.07) is 7.25. The smallest absolute Gasteiger partial charge is 0.234 e. The Labute approximate surface area is 89.4 Å². The number of primary amides is 1. The second kappa shape index (κ2) is 5.36. The minimum absolute atomic E-state index is 0.321. The largest absolute Gasteiger partial charge is 0.497 e. The fraction of sp³-hybridized carbons (Fsp3) is 0.364. The second-order valence-corrected chi connectivity index (χ2v) is 3.30. The van der Waals surface area contributed by atoms with Crippen molar-refractivity contribution in [2.45, 2.75) is 12.5 Å². The van der Waals surface area contributed by atoms with Gasteiger partial charge in [0.05, 0.1) is 13.2 Å². The van der Waals surface area contributed by atoms with E-state index >= 15 is 0 Å². The summed E-state index contributed by atoms with van der Waals surface area (Å²) in [6.07, 6.45) is 0.593. The van der Waals surface area contributed by atoms with E-state index in [9.17, 15) is 4.79 Å². The molecule has 4 heteroatoms. The number of carbonyl (C=O) groups is 1. The SMILES string of the molecule is CN[C@@H](Cc1ccc(OC)cc1)C(N)=O. The van der Waals surface area contributed by atoms with Crippen molar-refractivity contribution >= 4 is 5.91 Å². The van der Waals surface area contributed by atoms with Crippen LogP contribution in [0.25, 0.3) is 0 Å². The molecule has 1 aromatic rings. The molecule has 0 fully saturated rings. The van der Waals surface area contributed by atoms with E-state index in [0.29, 0.717) is 6.42 Å². The molecule has 0 aliphatic heterocycles. The van der Waals surface area contributed by atoms with Gasteiger partial charge in [-0.1, -0.05) is 12.1 Å². The summed E-state index contributed by atoms with van der Waals surface area (Å²) in [6.45, 7) is 0. The summed E-state index contributed by atoms with van der Waals surface area (Å²) >= 11 is 0. The summed E-state index contributed by atoms with van der Waals surface area (Å²) in [5, 5.41) is 2.87. The maximum atomic E-state index is 11.0. The molecule has 4 nitrogen and oxygen atoms in total. The van der Waals surface area contributed by atoms with Gasteiger partial charge in [0.2, 0.25) is 5.91 Å². The van der Waals surface area contributed by atoms with Crippen molar-refractivity contribution in [3.05, 3.63) is 29.8 Å². The number of rotatable bonds is 5. The van der Waals surface area contributed by atoms with E-state index in [4.69, 9.17) is 10.5 Å². The van der Waals surface area contributed by atoms with E-state index in [1.54, 1.807) is 14.2 Å². The molecule has 0 heterocycles. The lowest BCUT2D eigenvalue weighted by molar-refractivity contribution is -0.119. The molecule has 0 radical (unpaired) electrons. The molecule has 82 valence electrons. The van der Waals surface area contributed by atoms with Crippen LogP contribution in [-0.2, 0) is 11.2 Å². The first-order valence-corrected chi connectivity index (χ1v) is 4.77. The fourth-order valence-electron chi connectivity index (χ4n) is 1.34. The highest BCUT2D eigenvalue weighted by Crippen LogP contribution is 2.12. The van der Waals surface area contributed by atoms with E-state index < -0.39 is 0 Å². The third kappa shape index (κ3) is 3.25. The molecule has 0 aromatic heterocycles. The van der Waals surface area contributed by atoms with Gasteiger partial charge in [0, 0.05) is 0 Å². The van der Waals surface area contributed by atoms with Gasteiger partial charge in [-0.15, -0.1) is 0 Å². The Bertz CT molecular complexity index is 322. The molecule has 1 atom stereocenters. The van der Waals surface area contributed by atoms with Crippen LogP contribution < -0.4 is 15.8 Å². The number of likely N-dealkylation sites (N-methyl/N-ethyl adjacent to an activating group) is 1. The van der Waals surface area contributed by atoms with Gasteiger partial charge in [-0.05, 0) is 31.2 Å². The Morgan fingerprint density at radius 2 is 2.07 bits per heavy atom. The normalized spacial score (nSPS) is 12.1. The van der Waals surface area contributed by atoms with Crippen LogP contribution in [0.3, 0.4) is 0 Å². The minimum Gasteiger partial charge on any atom is -0.497 e. The summed E-state index contributed by atoms with van der Waals surface area (Å²) in [5.41, 5.74) is 6.27. The van der Waals surface area contributed by atoms with Gasteiger partial charge in [-0.3, -0.25) is 4.79 Å². The number of amides is 1. The minimum atomic E-state index is -0.340. The summed E-state index contributed by atoms with van der Waals surface area (Å²) in [7, 11) is 3.34. The number of methoxy groups -OCH3 is 1. The summed E-state index contributed by atoms with van der Waals surface area (Å²) in [4.78, 5) is 11.0. The zero-order valence-electron chi connectivity index (χ0n) is 8.99. The predicted molar refractivity (Wildman–Crippen MR) is 58.7 cm³/mol. The Balaban J connectivity index is 2.67. The highest BCUT2D eigenvalue weighted by molar-refractivity contribution is 5.80. The molecule has 1 rings (SSSR count). The Kier molecular flexibility index (Phi) is 4.12. The molecule has 0 saturated carbocycles. The molecule has 0 bridgehead atoms. The molecule has 0 spiro atoms. The Hall–Kier alpha value is -1.55. The number of hydrogen-bond donors (Lipinski definition) is 2. The second-order valence-electron chi connectivity index (χ2n) is 3.30. The molecule has 0 unspecified atom stereocenters. The van der Waals surface area contributed by atoms with Crippen LogP contribution in [-0.4, -0.2) is 26.1 Å². The number of carbonyl (C=O) groups excluding carboxylic acids is 1. The maximum Gasteiger partial charge on any atom is 0.234 e. The van der Waals surface area contributed by atoms with E-state index in [-0.39, 0.29) is 11.9 Å². The molecule has 15 heavy (non-hydrogen) atoms. The van der Waals surface area contributed by atoms with Gasteiger partial charge < -0.3 is 15.8 Å². The first-order chi connectivity index (χ1) is 7.17. The van der Waals surface area contributed by atoms with Gasteiger partial charge in [-0.2, -0.15) is 0 Å². The average Bonchev–Trinajstić information content (AvgIpc) is 2.26. The third-order valence-corrected chi connectivity index (χ3v) is 2.29. The van der Waals surface area contributed by atoms with E-state index in [1.165, 1.54) is 0 Å². The van der Waals surface area contributed by atoms with Crippen molar-refractivity contribution in [2.75, 3.05) is 14.2 Å². The van der Waals surface area contributed by atoms with E-state index in [2.05, 4.69) is 5.32 Å². The molecule has 1 aromatic carbocycles. The van der Waals surface area contributed by atoms with Crippen LogP contribution in [0.5, 0.6) is 5.75 Å². The molecule has 0 saturated heterocycles. The van der Waals surface area contributed by atoms with Crippen LogP contribution in [0.1, 0.15) is 5.56 Å². The van der Waals surface area contributed by atoms with Gasteiger partial charge >= 0.3 is 0 Å². The van der Waals surface area contributed by atoms with Crippen molar-refractivity contribution in [3.8, 4) is 5.75 Å². The Morgan fingerprint density at radius 1 is 1.47 bits per heavy atom. The Morgan fingerprint density at radius 3 is 2.47 bits per heavy atom. The number of ether oxygens (including phenoxy) is 1. The molecule has 3 N–H and O–H groups in total. The predicted octanol–water partition coefficient (Wildman–Crippen LogP) is 0.311. The number of nitrogens with one attached hydrogen (secondary N) is 1. The van der Waals surface area contributed by atoms with Gasteiger partial charge in [-0.25, -0.2) is 0 Å². The number of benzene rings is 1. The molecule has 1 amide bonds. The van der Waals surface area contributed by atoms with Crippen LogP contribution in [0.15, 0.2) is 24.3 Å². The molecular formula is C11H16N2O2. The van der Waals surface area contributed by atoms with Crippen LogP contribution >= 0.6 is 0 Å². The van der Waals surface area contributed by atoms with E-state index in [0.717, 1.165) is 11.3 Å². The van der Waals surface area contributed by atoms with Crippen molar-refractivity contribution < 1.29 is 9.53 Å². The van der Waals surface area contributed by atoms with Crippen LogP contribution in [0.2, 0.25) is 0 Å². The lowest BCUT2D eigenvalue weighted by Gasteiger charge is -2.12. The van der Waals surface area contributed by atoms with Crippen molar-refractivity contribution in [3.63, 3.8) is 0 Å². The average molecular weight is 208 g/mol. The van der Waals surface area contributed by atoms with Crippen molar-refractivity contribution in [2.24, 2.45) is 5.73 Å². The van der Waals surface area contributed by atoms with Gasteiger partial charge in [0.1, 0.15) is 5.75 Å². The summed E-state index contributed by atoms with van der Waals surface area (Å²) in [5.74, 6) is 0.465. The number of nitrogens with two attached hydrogens (primary N) is 1. The van der Waals surface area contributed by atoms with Gasteiger partial charge in [0.15, 0.2) is 0 Å². The molecule has 0 aliphatic rings. The van der Waals surface area contributed by atoms with Gasteiger partial charge in [0.25, 0.3) is 0 Å². The van der Waals surface area contributed by atoms with Crippen molar-refractivity contribution in [1.82, 2.24) is 5.32 Å². The van der Waals surface area contributed by atoms with Crippen molar-refractivity contribution in [1.29, 1.82) is 0 Å². The van der Waals surface area contributed by atoms with Crippen LogP contribution in [0, 0.1) is 0 Å². The lowest BCUT2D eigenvalue weighted by atomic mass is 10.1. The van der Waals surface area contributed by atoms with Crippen LogP contribution in [0.4, 0.5) is 0 Å². The molecular weight excluding hydrogens is 192 g/mol. The first-order valence-electron chi connectivity index (χ1n) is 4.77. The lowest BCUT2D eigenvalue weighted by Crippen LogP contribution is -2.40. The summed E-state index contributed by atoms with van der Waals surface area (Å²) < 4.78 is 5.04. The highest BCUT2D eigenvalue weighted by Gasteiger charge is 2.12. The monoisotopic (exact) mass is 208 g/mol. The zero-order chi connectivity index (χ0) is 11.3. The first kappa shape index (κ1) is 11.5. The maximum absolute atomic E-state index is 11.0. The molecule has 0 aliphatic carbocycles. The quantitative estimate of drug-likeness (QED) is 0.732. The highest BCUT2D eigenvalue weighted by atomic mass is 16.5. The standard InChI is InChI=1S/C11H16N2O2/c1-13-10(11(12)14)7-8-3-5-9(15-2)6-4-8/h3-6,10,13H,7H2,1-2H3,(H2,12,14)/t10-/m0/s1. The zero-order valence-corrected chi connectivity index (χ0v) is 8.99. The third-order valence-electron chi connectivity index (χ3n) is 2.29. The van der Waals surface area contributed by atoms with E-state index in [1.807, 2.05) is 24.3 Å². The fourth-order valence-corrected chi connectivity index (χ4v) is 1.34. The number of hydrogen-bond acceptors (Lipinski definition) is 3.